The van der Waals surface area contributed by atoms with E-state index in [0.717, 1.165) is 29.8 Å². The molecule has 1 aliphatic heterocycles. The summed E-state index contributed by atoms with van der Waals surface area (Å²) in [6.07, 6.45) is 1.22. The van der Waals surface area contributed by atoms with Gasteiger partial charge in [0.2, 0.25) is 23.0 Å². The minimum atomic E-state index is -0.939. The van der Waals surface area contributed by atoms with E-state index in [0.29, 0.717) is 28.0 Å². The Morgan fingerprint density at radius 3 is 2.73 bits per heavy atom. The van der Waals surface area contributed by atoms with Crippen molar-refractivity contribution in [3.05, 3.63) is 54.1 Å². The number of nitrogens with zero attached hydrogens (tertiary/aromatic N) is 3. The van der Waals surface area contributed by atoms with Gasteiger partial charge in [0.05, 0.1) is 7.11 Å². The van der Waals surface area contributed by atoms with Crippen LogP contribution in [0, 0.1) is 0 Å². The number of hydrogen-bond donors (Lipinski definition) is 1. The fourth-order valence-electron chi connectivity index (χ4n) is 3.04. The van der Waals surface area contributed by atoms with E-state index in [1.54, 1.807) is 31.4 Å². The van der Waals surface area contributed by atoms with E-state index in [1.807, 2.05) is 24.3 Å². The summed E-state index contributed by atoms with van der Waals surface area (Å²) in [5, 5.41) is 12.3. The van der Waals surface area contributed by atoms with Gasteiger partial charge in [-0.25, -0.2) is 0 Å². The van der Waals surface area contributed by atoms with Crippen LogP contribution < -0.4 is 14.8 Å². The third-order valence-electron chi connectivity index (χ3n) is 4.68. The van der Waals surface area contributed by atoms with Gasteiger partial charge in [-0.05, 0) is 36.8 Å². The Balaban J connectivity index is 1.68. The van der Waals surface area contributed by atoms with Gasteiger partial charge in [0.25, 0.3) is 0 Å². The van der Waals surface area contributed by atoms with Crippen molar-refractivity contribution in [1.82, 2.24) is 15.2 Å². The van der Waals surface area contributed by atoms with Crippen molar-refractivity contribution in [2.45, 2.75) is 31.1 Å². The molecule has 3 aromatic rings. The molecular formula is C22H22N4O3S. The summed E-state index contributed by atoms with van der Waals surface area (Å²) in [6, 6.07) is 14.5. The van der Waals surface area contributed by atoms with E-state index in [-0.39, 0.29) is 5.78 Å². The molecule has 0 amide bonds. The third kappa shape index (κ3) is 4.23. The summed E-state index contributed by atoms with van der Waals surface area (Å²) in [4.78, 5) is 17.7. The van der Waals surface area contributed by atoms with Crippen molar-refractivity contribution >= 4 is 23.2 Å². The number of anilines is 1. The lowest BCUT2D eigenvalue weighted by Gasteiger charge is -2.18. The maximum absolute atomic E-state index is 13.2. The van der Waals surface area contributed by atoms with E-state index >= 15 is 0 Å². The van der Waals surface area contributed by atoms with E-state index < -0.39 is 6.23 Å². The van der Waals surface area contributed by atoms with Gasteiger partial charge in [-0.3, -0.25) is 4.79 Å². The Hall–Kier alpha value is -3.13. The number of thioether (sulfide) groups is 1. The van der Waals surface area contributed by atoms with Crippen molar-refractivity contribution in [2.24, 2.45) is 0 Å². The quantitative estimate of drug-likeness (QED) is 0.339. The molecule has 0 saturated carbocycles. The highest BCUT2D eigenvalue weighted by Crippen LogP contribution is 2.36. The molecule has 0 radical (unpaired) electrons. The fourth-order valence-corrected chi connectivity index (χ4v) is 3.90. The molecule has 0 saturated heterocycles. The van der Waals surface area contributed by atoms with Crippen LogP contribution in [0.15, 0.2) is 53.7 Å². The number of methoxy groups -OCH3 is 1. The lowest BCUT2D eigenvalue weighted by Crippen LogP contribution is -2.35. The second-order valence-corrected chi connectivity index (χ2v) is 7.79. The van der Waals surface area contributed by atoms with Crippen LogP contribution in [0.5, 0.6) is 11.6 Å². The Bertz CT molecular complexity index is 1040. The van der Waals surface area contributed by atoms with Gasteiger partial charge in [-0.15, -0.1) is 10.2 Å². The molecule has 30 heavy (non-hydrogen) atoms. The molecule has 8 heteroatoms. The van der Waals surface area contributed by atoms with Crippen LogP contribution in [0.1, 0.15) is 30.1 Å². The minimum absolute atomic E-state index is 0.209. The number of Topliss-reactive ketones (excluding diaryl/α,β-unsaturated/α-hetero) is 1. The molecule has 0 aliphatic carbocycles. The standard InChI is InChI=1S/C22H22N4O3S/c1-3-4-13-30-22-24-20-18(25-26-22)16-7-5-6-8-17(16)23-21(29-20)19(27)14-9-11-15(28-2)12-10-14/h5-12,21,23H,3-4,13H2,1-2H3/t21-/m0/s1. The number of rotatable bonds is 7. The molecule has 0 spiro atoms. The van der Waals surface area contributed by atoms with Gasteiger partial charge in [-0.1, -0.05) is 43.3 Å². The summed E-state index contributed by atoms with van der Waals surface area (Å²) in [5.41, 5.74) is 2.56. The summed E-state index contributed by atoms with van der Waals surface area (Å²) in [5.74, 6) is 1.68. The number of fused-ring (bicyclic) bond motifs is 3. The normalized spacial score (nSPS) is 14.5. The SMILES string of the molecule is CCCCSc1nnc2c(n1)O[C@@H](C(=O)c1ccc(OC)cc1)Nc1ccccc1-2. The van der Waals surface area contributed by atoms with Crippen LogP contribution in [0.2, 0.25) is 0 Å². The molecule has 1 aromatic heterocycles. The number of ketones is 1. The highest BCUT2D eigenvalue weighted by atomic mass is 32.2. The molecule has 4 rings (SSSR count). The summed E-state index contributed by atoms with van der Waals surface area (Å²) in [7, 11) is 1.59. The Kier molecular flexibility index (Phi) is 6.13. The van der Waals surface area contributed by atoms with Gasteiger partial charge >= 0.3 is 0 Å². The van der Waals surface area contributed by atoms with E-state index in [4.69, 9.17) is 9.47 Å². The Labute approximate surface area is 179 Å². The van der Waals surface area contributed by atoms with E-state index in [1.165, 1.54) is 11.8 Å². The first kappa shape index (κ1) is 20.2. The molecule has 1 atom stereocenters. The highest BCUT2D eigenvalue weighted by Gasteiger charge is 2.30. The van der Waals surface area contributed by atoms with Gasteiger partial charge in [-0.2, -0.15) is 4.98 Å². The number of carbonyl (C=O) groups is 1. The second kappa shape index (κ2) is 9.13. The van der Waals surface area contributed by atoms with Gasteiger partial charge in [0.1, 0.15) is 5.75 Å². The smallest absolute Gasteiger partial charge is 0.247 e. The van der Waals surface area contributed by atoms with Crippen LogP contribution >= 0.6 is 11.8 Å². The molecule has 154 valence electrons. The summed E-state index contributed by atoms with van der Waals surface area (Å²) < 4.78 is 11.2. The minimum Gasteiger partial charge on any atom is -0.497 e. The molecule has 2 heterocycles. The van der Waals surface area contributed by atoms with Crippen molar-refractivity contribution in [2.75, 3.05) is 18.2 Å². The van der Waals surface area contributed by atoms with Gasteiger partial charge in [0.15, 0.2) is 5.69 Å². The Morgan fingerprint density at radius 2 is 1.97 bits per heavy atom. The maximum Gasteiger partial charge on any atom is 0.247 e. The number of ether oxygens (including phenoxy) is 2. The average Bonchev–Trinajstić information content (AvgIpc) is 2.95. The number of nitrogens with one attached hydrogen (secondary N) is 1. The predicted octanol–water partition coefficient (Wildman–Crippen LogP) is 4.45. The van der Waals surface area contributed by atoms with Crippen molar-refractivity contribution in [3.8, 4) is 22.9 Å². The number of carbonyl (C=O) groups excluding carboxylic acids is 1. The first-order valence-corrected chi connectivity index (χ1v) is 10.8. The van der Waals surface area contributed by atoms with Crippen LogP contribution in [0.4, 0.5) is 5.69 Å². The lowest BCUT2D eigenvalue weighted by molar-refractivity contribution is 0.0823. The molecule has 0 unspecified atom stereocenters. The third-order valence-corrected chi connectivity index (χ3v) is 5.60. The average molecular weight is 423 g/mol. The van der Waals surface area contributed by atoms with Gasteiger partial charge in [0, 0.05) is 22.6 Å². The molecule has 0 fully saturated rings. The maximum atomic E-state index is 13.2. The zero-order valence-electron chi connectivity index (χ0n) is 16.8. The van der Waals surface area contributed by atoms with Gasteiger partial charge < -0.3 is 14.8 Å². The van der Waals surface area contributed by atoms with E-state index in [9.17, 15) is 4.79 Å². The zero-order valence-corrected chi connectivity index (χ0v) is 17.6. The molecular weight excluding hydrogens is 400 g/mol. The predicted molar refractivity (Wildman–Crippen MR) is 116 cm³/mol. The molecule has 1 aliphatic rings. The first-order valence-electron chi connectivity index (χ1n) is 9.78. The largest absolute Gasteiger partial charge is 0.497 e. The number of unbranched alkanes of at least 4 members (excludes halogenated alkanes) is 1. The first-order chi connectivity index (χ1) is 14.7. The van der Waals surface area contributed by atoms with Crippen LogP contribution in [0.3, 0.4) is 0 Å². The Morgan fingerprint density at radius 1 is 1.17 bits per heavy atom. The van der Waals surface area contributed by atoms with E-state index in [2.05, 4.69) is 27.4 Å². The topological polar surface area (TPSA) is 86.2 Å². The number of aromatic nitrogens is 3. The van der Waals surface area contributed by atoms with Crippen LogP contribution in [-0.4, -0.2) is 40.1 Å². The highest BCUT2D eigenvalue weighted by molar-refractivity contribution is 7.99. The number of para-hydroxylation sites is 1. The summed E-state index contributed by atoms with van der Waals surface area (Å²) >= 11 is 1.53. The van der Waals surface area contributed by atoms with Crippen LogP contribution in [0.25, 0.3) is 11.3 Å². The molecule has 0 bridgehead atoms. The number of benzene rings is 2. The molecule has 2 aromatic carbocycles. The van der Waals surface area contributed by atoms with Crippen molar-refractivity contribution in [1.29, 1.82) is 0 Å². The summed E-state index contributed by atoms with van der Waals surface area (Å²) in [6.45, 7) is 2.14. The monoisotopic (exact) mass is 422 g/mol. The van der Waals surface area contributed by atoms with Crippen molar-refractivity contribution in [3.63, 3.8) is 0 Å². The van der Waals surface area contributed by atoms with Crippen LogP contribution in [-0.2, 0) is 0 Å². The fraction of sp³-hybridized carbons (Fsp3) is 0.273. The van der Waals surface area contributed by atoms with Crippen molar-refractivity contribution < 1.29 is 14.3 Å². The number of hydrogen-bond acceptors (Lipinski definition) is 8. The second-order valence-electron chi connectivity index (χ2n) is 6.73. The molecule has 1 N–H and O–H groups in total. The lowest BCUT2D eigenvalue weighted by atomic mass is 10.1. The zero-order chi connectivity index (χ0) is 20.9. The molecule has 7 nitrogen and oxygen atoms in total.